The lowest BCUT2D eigenvalue weighted by molar-refractivity contribution is -0.383. The number of hydrogen-bond donors (Lipinski definition) is 2. The van der Waals surface area contributed by atoms with Crippen LogP contribution in [0.2, 0.25) is 0 Å². The normalized spacial score (nSPS) is 13.4. The van der Waals surface area contributed by atoms with Crippen molar-refractivity contribution in [2.24, 2.45) is 0 Å². The van der Waals surface area contributed by atoms with E-state index in [0.717, 1.165) is 6.07 Å². The van der Waals surface area contributed by atoms with E-state index in [-0.39, 0.29) is 15.8 Å². The molecule has 10 heteroatoms. The van der Waals surface area contributed by atoms with Gasteiger partial charge in [0, 0.05) is 19.2 Å². The molecule has 0 saturated carbocycles. The van der Waals surface area contributed by atoms with Gasteiger partial charge < -0.3 is 10.5 Å². The van der Waals surface area contributed by atoms with Gasteiger partial charge >= 0.3 is 5.69 Å². The van der Waals surface area contributed by atoms with Gasteiger partial charge in [0.15, 0.2) is 5.00 Å². The van der Waals surface area contributed by atoms with E-state index in [9.17, 15) is 18.5 Å². The first kappa shape index (κ1) is 14.8. The molecule has 0 radical (unpaired) electrons. The van der Waals surface area contributed by atoms with Crippen LogP contribution in [-0.2, 0) is 14.8 Å². The first-order valence-corrected chi connectivity index (χ1v) is 7.13. The zero-order valence-corrected chi connectivity index (χ0v) is 11.4. The average molecular weight is 295 g/mol. The number of methoxy groups -OCH3 is 1. The van der Waals surface area contributed by atoms with Gasteiger partial charge in [-0.1, -0.05) is 11.3 Å². The van der Waals surface area contributed by atoms with Gasteiger partial charge in [0.05, 0.1) is 11.5 Å². The number of hydrogen-bond acceptors (Lipinski definition) is 7. The van der Waals surface area contributed by atoms with Gasteiger partial charge in [-0.15, -0.1) is 0 Å². The maximum Gasteiger partial charge on any atom is 0.304 e. The van der Waals surface area contributed by atoms with Crippen LogP contribution in [-0.4, -0.2) is 33.1 Å². The van der Waals surface area contributed by atoms with Crippen LogP contribution in [0.5, 0.6) is 0 Å². The Morgan fingerprint density at radius 3 is 2.72 bits per heavy atom. The summed E-state index contributed by atoms with van der Waals surface area (Å²) in [7, 11) is -2.37. The standard InChI is InChI=1S/C8H13N3O5S2/c1-5(4-16-2)10-18(14,15)7-3-6(11(12)13)8(9)17-7/h3,5,10H,4,9H2,1-2H3. The van der Waals surface area contributed by atoms with Crippen LogP contribution in [0.25, 0.3) is 0 Å². The van der Waals surface area contributed by atoms with Gasteiger partial charge in [-0.2, -0.15) is 0 Å². The topological polar surface area (TPSA) is 125 Å². The molecule has 0 saturated heterocycles. The van der Waals surface area contributed by atoms with Gasteiger partial charge in [-0.05, 0) is 6.92 Å². The van der Waals surface area contributed by atoms with E-state index < -0.39 is 26.7 Å². The number of nitrogens with zero attached hydrogens (tertiary/aromatic N) is 1. The first-order valence-electron chi connectivity index (χ1n) is 4.83. The summed E-state index contributed by atoms with van der Waals surface area (Å²) in [5.41, 5.74) is 4.99. The third-order valence-electron chi connectivity index (χ3n) is 1.95. The molecule has 1 unspecified atom stereocenters. The fourth-order valence-corrected chi connectivity index (χ4v) is 3.71. The van der Waals surface area contributed by atoms with Crippen molar-refractivity contribution in [2.45, 2.75) is 17.2 Å². The van der Waals surface area contributed by atoms with Crippen molar-refractivity contribution < 1.29 is 18.1 Å². The van der Waals surface area contributed by atoms with Crippen LogP contribution in [0.3, 0.4) is 0 Å². The maximum atomic E-state index is 11.9. The van der Waals surface area contributed by atoms with E-state index in [4.69, 9.17) is 10.5 Å². The van der Waals surface area contributed by atoms with Gasteiger partial charge in [-0.3, -0.25) is 10.1 Å². The summed E-state index contributed by atoms with van der Waals surface area (Å²) >= 11 is 0.655. The molecule has 1 heterocycles. The van der Waals surface area contributed by atoms with Gasteiger partial charge in [0.1, 0.15) is 4.21 Å². The minimum atomic E-state index is -3.81. The number of rotatable bonds is 6. The van der Waals surface area contributed by atoms with Crippen LogP contribution in [0, 0.1) is 10.1 Å². The minimum Gasteiger partial charge on any atom is -0.385 e. The predicted octanol–water partition coefficient (Wildman–Crippen LogP) is 0.552. The number of nitrogen functional groups attached to an aromatic ring is 1. The Bertz CT molecular complexity index is 539. The average Bonchev–Trinajstić information content (AvgIpc) is 2.60. The molecule has 102 valence electrons. The molecule has 1 atom stereocenters. The molecule has 8 nitrogen and oxygen atoms in total. The summed E-state index contributed by atoms with van der Waals surface area (Å²) in [5.74, 6) is 0. The summed E-state index contributed by atoms with van der Waals surface area (Å²) in [4.78, 5) is 9.86. The Hall–Kier alpha value is -1.23. The number of nitro groups is 1. The van der Waals surface area contributed by atoms with Crippen LogP contribution >= 0.6 is 11.3 Å². The van der Waals surface area contributed by atoms with E-state index in [0.29, 0.717) is 11.3 Å². The smallest absolute Gasteiger partial charge is 0.304 e. The molecule has 0 aliphatic carbocycles. The van der Waals surface area contributed by atoms with Crippen molar-refractivity contribution >= 4 is 32.0 Å². The molecule has 1 aromatic heterocycles. The van der Waals surface area contributed by atoms with E-state index in [1.807, 2.05) is 0 Å². The molecular weight excluding hydrogens is 282 g/mol. The molecule has 0 spiro atoms. The number of ether oxygens (including phenoxy) is 1. The summed E-state index contributed by atoms with van der Waals surface area (Å²) < 4.78 is 30.7. The third kappa shape index (κ3) is 3.38. The molecule has 1 aromatic rings. The molecule has 0 aliphatic heterocycles. The highest BCUT2D eigenvalue weighted by Gasteiger charge is 2.25. The van der Waals surface area contributed by atoms with Crippen molar-refractivity contribution in [2.75, 3.05) is 19.5 Å². The van der Waals surface area contributed by atoms with Gasteiger partial charge in [-0.25, -0.2) is 13.1 Å². The van der Waals surface area contributed by atoms with Crippen molar-refractivity contribution in [3.8, 4) is 0 Å². The van der Waals surface area contributed by atoms with Gasteiger partial charge in [0.2, 0.25) is 0 Å². The lowest BCUT2D eigenvalue weighted by Crippen LogP contribution is -2.35. The zero-order valence-electron chi connectivity index (χ0n) is 9.74. The Balaban J connectivity index is 2.99. The Labute approximate surface area is 108 Å². The number of sulfonamides is 1. The second-order valence-corrected chi connectivity index (χ2v) is 6.57. The lowest BCUT2D eigenvalue weighted by atomic mass is 10.4. The molecular formula is C8H13N3O5S2. The van der Waals surface area contributed by atoms with Crippen molar-refractivity contribution in [1.82, 2.24) is 4.72 Å². The van der Waals surface area contributed by atoms with Crippen molar-refractivity contribution in [1.29, 1.82) is 0 Å². The molecule has 18 heavy (non-hydrogen) atoms. The quantitative estimate of drug-likeness (QED) is 0.583. The highest BCUT2D eigenvalue weighted by Crippen LogP contribution is 2.34. The first-order chi connectivity index (χ1) is 8.27. The molecule has 0 bridgehead atoms. The predicted molar refractivity (Wildman–Crippen MR) is 67.0 cm³/mol. The highest BCUT2D eigenvalue weighted by atomic mass is 32.2. The van der Waals surface area contributed by atoms with E-state index in [1.165, 1.54) is 7.11 Å². The number of nitrogens with one attached hydrogen (secondary N) is 1. The number of anilines is 1. The van der Waals surface area contributed by atoms with Gasteiger partial charge in [0.25, 0.3) is 10.0 Å². The van der Waals surface area contributed by atoms with Crippen LogP contribution in [0.1, 0.15) is 6.92 Å². The number of thiophene rings is 1. The lowest BCUT2D eigenvalue weighted by Gasteiger charge is -2.11. The van der Waals surface area contributed by atoms with E-state index >= 15 is 0 Å². The second-order valence-electron chi connectivity index (χ2n) is 3.55. The molecule has 3 N–H and O–H groups in total. The SMILES string of the molecule is COCC(C)NS(=O)(=O)c1cc([N+](=O)[O-])c(N)s1. The zero-order chi connectivity index (χ0) is 13.9. The maximum absolute atomic E-state index is 11.9. The number of nitrogens with two attached hydrogens (primary N) is 1. The van der Waals surface area contributed by atoms with Crippen LogP contribution < -0.4 is 10.5 Å². The fraction of sp³-hybridized carbons (Fsp3) is 0.500. The van der Waals surface area contributed by atoms with Crippen molar-refractivity contribution in [3.63, 3.8) is 0 Å². The van der Waals surface area contributed by atoms with Crippen molar-refractivity contribution in [3.05, 3.63) is 16.2 Å². The fourth-order valence-electron chi connectivity index (χ4n) is 1.25. The molecule has 0 aromatic carbocycles. The van der Waals surface area contributed by atoms with E-state index in [1.54, 1.807) is 6.92 Å². The summed E-state index contributed by atoms with van der Waals surface area (Å²) in [6.45, 7) is 1.81. The molecule has 0 fully saturated rings. The van der Waals surface area contributed by atoms with E-state index in [2.05, 4.69) is 4.72 Å². The summed E-state index contributed by atoms with van der Waals surface area (Å²) in [6.07, 6.45) is 0. The Morgan fingerprint density at radius 2 is 2.28 bits per heavy atom. The molecule has 0 aliphatic rings. The molecule has 0 amide bonds. The Morgan fingerprint density at radius 1 is 1.67 bits per heavy atom. The second kappa shape index (κ2) is 5.61. The van der Waals surface area contributed by atoms with Crippen LogP contribution in [0.4, 0.5) is 10.7 Å². The minimum absolute atomic E-state index is 0.139. The third-order valence-corrected chi connectivity index (χ3v) is 4.97. The highest BCUT2D eigenvalue weighted by molar-refractivity contribution is 7.91. The molecule has 1 rings (SSSR count). The summed E-state index contributed by atoms with van der Waals surface area (Å²) in [6, 6.07) is 0.504. The largest absolute Gasteiger partial charge is 0.385 e. The Kier molecular flexibility index (Phi) is 4.62. The van der Waals surface area contributed by atoms with Crippen LogP contribution in [0.15, 0.2) is 10.3 Å². The summed E-state index contributed by atoms with van der Waals surface area (Å²) in [5, 5.41) is 10.4. The monoisotopic (exact) mass is 295 g/mol.